The molecule has 1 N–H and O–H groups in total. The maximum Gasteiger partial charge on any atom is 0.260 e. The van der Waals surface area contributed by atoms with Crippen LogP contribution in [0.3, 0.4) is 0 Å². The molecule has 1 aromatic carbocycles. The topological polar surface area (TPSA) is 62.2 Å². The molecular formula is C22H30N2O4. The maximum atomic E-state index is 12.5. The SMILES string of the molecule is C=C(OC)/C(=C\C=C/C)N(C)C1CCN(C(=O)COc2ccc(CO)cc2)C1. The van der Waals surface area contributed by atoms with Crippen molar-refractivity contribution in [2.24, 2.45) is 0 Å². The van der Waals surface area contributed by atoms with E-state index in [0.29, 0.717) is 24.6 Å². The van der Waals surface area contributed by atoms with Crippen molar-refractivity contribution < 1.29 is 19.4 Å². The largest absolute Gasteiger partial charge is 0.495 e. The zero-order valence-electron chi connectivity index (χ0n) is 16.9. The van der Waals surface area contributed by atoms with Crippen molar-refractivity contribution in [3.05, 3.63) is 66.1 Å². The molecule has 1 unspecified atom stereocenters. The quantitative estimate of drug-likeness (QED) is 0.522. The summed E-state index contributed by atoms with van der Waals surface area (Å²) in [4.78, 5) is 16.5. The highest BCUT2D eigenvalue weighted by molar-refractivity contribution is 5.78. The van der Waals surface area contributed by atoms with Crippen LogP contribution in [0.4, 0.5) is 0 Å². The van der Waals surface area contributed by atoms with Gasteiger partial charge in [0.25, 0.3) is 5.91 Å². The second-order valence-corrected chi connectivity index (χ2v) is 6.69. The van der Waals surface area contributed by atoms with E-state index in [1.807, 2.05) is 37.1 Å². The molecule has 1 aliphatic heterocycles. The van der Waals surface area contributed by atoms with Crippen LogP contribution in [0.2, 0.25) is 0 Å². The van der Waals surface area contributed by atoms with Crippen LogP contribution in [0, 0.1) is 0 Å². The summed E-state index contributed by atoms with van der Waals surface area (Å²) in [5, 5.41) is 9.07. The van der Waals surface area contributed by atoms with Crippen LogP contribution >= 0.6 is 0 Å². The minimum absolute atomic E-state index is 0.000947. The van der Waals surface area contributed by atoms with Crippen molar-refractivity contribution in [3.63, 3.8) is 0 Å². The first-order valence-corrected chi connectivity index (χ1v) is 9.39. The number of aliphatic hydroxyl groups is 1. The van der Waals surface area contributed by atoms with Gasteiger partial charge in [-0.05, 0) is 37.1 Å². The fourth-order valence-corrected chi connectivity index (χ4v) is 3.11. The molecule has 0 aliphatic carbocycles. The van der Waals surface area contributed by atoms with Crippen LogP contribution in [0.5, 0.6) is 5.75 Å². The lowest BCUT2D eigenvalue weighted by Crippen LogP contribution is -2.38. The lowest BCUT2D eigenvalue weighted by Gasteiger charge is -2.29. The van der Waals surface area contributed by atoms with Crippen LogP contribution in [0.25, 0.3) is 0 Å². The van der Waals surface area contributed by atoms with E-state index < -0.39 is 0 Å². The fourth-order valence-electron chi connectivity index (χ4n) is 3.11. The second kappa shape index (κ2) is 10.6. The third kappa shape index (κ3) is 5.63. The Balaban J connectivity index is 1.92. The zero-order valence-corrected chi connectivity index (χ0v) is 16.9. The average Bonchev–Trinajstić information content (AvgIpc) is 3.22. The van der Waals surface area contributed by atoms with Gasteiger partial charge in [-0.15, -0.1) is 0 Å². The van der Waals surface area contributed by atoms with E-state index in [-0.39, 0.29) is 25.2 Å². The van der Waals surface area contributed by atoms with Crippen LogP contribution < -0.4 is 4.74 Å². The molecule has 1 amide bonds. The molecule has 1 fully saturated rings. The summed E-state index contributed by atoms with van der Waals surface area (Å²) in [5.74, 6) is 1.18. The fraction of sp³-hybridized carbons (Fsp3) is 0.409. The number of methoxy groups -OCH3 is 1. The van der Waals surface area contributed by atoms with Crippen molar-refractivity contribution in [2.75, 3.05) is 33.9 Å². The first-order chi connectivity index (χ1) is 13.5. The van der Waals surface area contributed by atoms with Crippen LogP contribution in [0.15, 0.2) is 60.5 Å². The molecule has 0 radical (unpaired) electrons. The molecule has 1 aliphatic rings. The van der Waals surface area contributed by atoms with Gasteiger partial charge in [-0.3, -0.25) is 4.79 Å². The Morgan fingerprint density at radius 1 is 1.39 bits per heavy atom. The summed E-state index contributed by atoms with van der Waals surface area (Å²) in [6.45, 7) is 7.23. The number of ether oxygens (including phenoxy) is 2. The summed E-state index contributed by atoms with van der Waals surface area (Å²) >= 11 is 0. The molecule has 0 aromatic heterocycles. The van der Waals surface area contributed by atoms with Crippen molar-refractivity contribution in [2.45, 2.75) is 26.0 Å². The van der Waals surface area contributed by atoms with Crippen molar-refractivity contribution in [3.8, 4) is 5.75 Å². The smallest absolute Gasteiger partial charge is 0.260 e. The molecule has 1 heterocycles. The van der Waals surface area contributed by atoms with E-state index in [4.69, 9.17) is 14.6 Å². The van der Waals surface area contributed by atoms with Crippen LogP contribution in [-0.2, 0) is 16.1 Å². The number of hydrogen-bond donors (Lipinski definition) is 1. The van der Waals surface area contributed by atoms with Gasteiger partial charge in [-0.25, -0.2) is 0 Å². The Hall–Kier alpha value is -2.73. The van der Waals surface area contributed by atoms with Gasteiger partial charge in [-0.2, -0.15) is 0 Å². The van der Waals surface area contributed by atoms with E-state index >= 15 is 0 Å². The Morgan fingerprint density at radius 2 is 2.11 bits per heavy atom. The minimum atomic E-state index is -0.0355. The lowest BCUT2D eigenvalue weighted by atomic mass is 10.2. The molecule has 1 atom stereocenters. The molecule has 6 nitrogen and oxygen atoms in total. The standard InChI is InChI=1S/C22H30N2O4/c1-5-6-7-21(17(2)27-4)23(3)19-12-13-24(14-19)22(26)16-28-20-10-8-18(15-25)9-11-20/h5-11,19,25H,2,12-16H2,1,3-4H3/b6-5-,21-7+. The van der Waals surface area contributed by atoms with Gasteiger partial charge in [0.1, 0.15) is 11.5 Å². The molecule has 0 saturated carbocycles. The van der Waals surface area contributed by atoms with E-state index in [2.05, 4.69) is 11.5 Å². The average molecular weight is 386 g/mol. The summed E-state index contributed by atoms with van der Waals surface area (Å²) in [6.07, 6.45) is 6.74. The highest BCUT2D eigenvalue weighted by Gasteiger charge is 2.30. The highest BCUT2D eigenvalue weighted by atomic mass is 16.5. The molecular weight excluding hydrogens is 356 g/mol. The summed E-state index contributed by atoms with van der Waals surface area (Å²) < 4.78 is 10.9. The van der Waals surface area contributed by atoms with Gasteiger partial charge in [0.15, 0.2) is 6.61 Å². The van der Waals surface area contributed by atoms with E-state index in [9.17, 15) is 4.79 Å². The monoisotopic (exact) mass is 386 g/mol. The number of rotatable bonds is 9. The van der Waals surface area contributed by atoms with E-state index in [1.165, 1.54) is 0 Å². The number of allylic oxidation sites excluding steroid dienone is 3. The highest BCUT2D eigenvalue weighted by Crippen LogP contribution is 2.23. The molecule has 152 valence electrons. The number of benzene rings is 1. The predicted octanol–water partition coefficient (Wildman–Crippen LogP) is 2.71. The molecule has 0 bridgehead atoms. The third-order valence-electron chi connectivity index (χ3n) is 4.89. The number of hydrogen-bond acceptors (Lipinski definition) is 5. The number of likely N-dealkylation sites (N-methyl/N-ethyl adjacent to an activating group) is 1. The molecule has 1 saturated heterocycles. The summed E-state index contributed by atoms with van der Waals surface area (Å²) in [6, 6.07) is 7.27. The van der Waals surface area contributed by atoms with Crippen LogP contribution in [-0.4, -0.2) is 60.7 Å². The van der Waals surface area contributed by atoms with Crippen molar-refractivity contribution in [1.82, 2.24) is 9.80 Å². The molecule has 6 heteroatoms. The number of amides is 1. The van der Waals surface area contributed by atoms with E-state index in [0.717, 1.165) is 17.7 Å². The first kappa shape index (κ1) is 21.6. The van der Waals surface area contributed by atoms with Gasteiger partial charge >= 0.3 is 0 Å². The Morgan fingerprint density at radius 3 is 2.71 bits per heavy atom. The number of carbonyl (C=O) groups is 1. The van der Waals surface area contributed by atoms with E-state index in [1.54, 1.807) is 31.4 Å². The maximum absolute atomic E-state index is 12.5. The Bertz CT molecular complexity index is 725. The van der Waals surface area contributed by atoms with Crippen LogP contribution in [0.1, 0.15) is 18.9 Å². The number of aliphatic hydroxyl groups excluding tert-OH is 1. The predicted molar refractivity (Wildman–Crippen MR) is 110 cm³/mol. The molecule has 1 aromatic rings. The second-order valence-electron chi connectivity index (χ2n) is 6.69. The Labute approximate surface area is 167 Å². The van der Waals surface area contributed by atoms with Gasteiger partial charge in [0.05, 0.1) is 19.4 Å². The minimum Gasteiger partial charge on any atom is -0.495 e. The number of nitrogens with zero attached hydrogens (tertiary/aromatic N) is 2. The normalized spacial score (nSPS) is 17.1. The lowest BCUT2D eigenvalue weighted by molar-refractivity contribution is -0.132. The number of carbonyl (C=O) groups excluding carboxylic acids is 1. The van der Waals surface area contributed by atoms with Crippen molar-refractivity contribution >= 4 is 5.91 Å². The molecule has 2 rings (SSSR count). The Kier molecular flexibility index (Phi) is 8.14. The third-order valence-corrected chi connectivity index (χ3v) is 4.89. The van der Waals surface area contributed by atoms with Gasteiger partial charge in [-0.1, -0.05) is 30.9 Å². The summed E-state index contributed by atoms with van der Waals surface area (Å²) in [5.41, 5.74) is 1.71. The van der Waals surface area contributed by atoms with Gasteiger partial charge < -0.3 is 24.4 Å². The van der Waals surface area contributed by atoms with Gasteiger partial charge in [0.2, 0.25) is 0 Å². The summed E-state index contributed by atoms with van der Waals surface area (Å²) in [7, 11) is 3.60. The number of likely N-dealkylation sites (tertiary alicyclic amines) is 1. The molecule has 0 spiro atoms. The van der Waals surface area contributed by atoms with Crippen molar-refractivity contribution in [1.29, 1.82) is 0 Å². The molecule has 28 heavy (non-hydrogen) atoms. The van der Waals surface area contributed by atoms with Gasteiger partial charge in [0, 0.05) is 26.2 Å². The first-order valence-electron chi connectivity index (χ1n) is 9.39. The zero-order chi connectivity index (χ0) is 20.5.